The van der Waals surface area contributed by atoms with Crippen molar-refractivity contribution in [3.8, 4) is 5.75 Å². The van der Waals surface area contributed by atoms with Crippen molar-refractivity contribution in [1.82, 2.24) is 16.2 Å². The molecule has 1 unspecified atom stereocenters. The number of ether oxygens (including phenoxy) is 1. The highest BCUT2D eigenvalue weighted by molar-refractivity contribution is 5.92. The number of amides is 3. The number of benzene rings is 1. The van der Waals surface area contributed by atoms with Crippen LogP contribution < -0.4 is 20.9 Å². The second kappa shape index (κ2) is 11.0. The molecule has 1 atom stereocenters. The van der Waals surface area contributed by atoms with Crippen LogP contribution in [0.3, 0.4) is 0 Å². The first-order valence-corrected chi connectivity index (χ1v) is 9.57. The summed E-state index contributed by atoms with van der Waals surface area (Å²) in [6, 6.07) is 12.1. The van der Waals surface area contributed by atoms with Gasteiger partial charge < -0.3 is 14.5 Å². The Labute approximate surface area is 165 Å². The molecule has 0 radical (unpaired) electrons. The predicted octanol–water partition coefficient (Wildman–Crippen LogP) is 4.02. The summed E-state index contributed by atoms with van der Waals surface area (Å²) < 4.78 is 11.0. The second-order valence-corrected chi connectivity index (χ2v) is 7.15. The number of para-hydroxylation sites is 1. The SMILES string of the molecule is CC(C)CCCC(C)NC(=O)NNC(=O)c1ccc(COc2ccccc2)o1. The molecular formula is C21H29N3O4. The molecule has 0 aliphatic carbocycles. The Hall–Kier alpha value is -2.96. The lowest BCUT2D eigenvalue weighted by Crippen LogP contribution is -2.49. The lowest BCUT2D eigenvalue weighted by Gasteiger charge is -2.15. The van der Waals surface area contributed by atoms with Crippen molar-refractivity contribution in [2.75, 3.05) is 0 Å². The van der Waals surface area contributed by atoms with Gasteiger partial charge in [-0.3, -0.25) is 10.2 Å². The van der Waals surface area contributed by atoms with Gasteiger partial charge in [0.25, 0.3) is 0 Å². The van der Waals surface area contributed by atoms with Gasteiger partial charge >= 0.3 is 11.9 Å². The average molecular weight is 387 g/mol. The quantitative estimate of drug-likeness (QED) is 0.567. The van der Waals surface area contributed by atoms with Crippen molar-refractivity contribution in [2.45, 2.75) is 52.7 Å². The van der Waals surface area contributed by atoms with Gasteiger partial charge in [-0.1, -0.05) is 44.9 Å². The van der Waals surface area contributed by atoms with E-state index in [1.165, 1.54) is 6.07 Å². The normalized spacial score (nSPS) is 11.7. The molecule has 3 amide bonds. The molecule has 0 bridgehead atoms. The van der Waals surface area contributed by atoms with Gasteiger partial charge in [-0.05, 0) is 43.5 Å². The van der Waals surface area contributed by atoms with E-state index >= 15 is 0 Å². The summed E-state index contributed by atoms with van der Waals surface area (Å²) in [6.07, 6.45) is 3.06. The number of hydrogen-bond donors (Lipinski definition) is 3. The molecule has 0 fully saturated rings. The third-order valence-electron chi connectivity index (χ3n) is 4.10. The Morgan fingerprint density at radius 3 is 2.46 bits per heavy atom. The van der Waals surface area contributed by atoms with Crippen molar-refractivity contribution >= 4 is 11.9 Å². The second-order valence-electron chi connectivity index (χ2n) is 7.15. The molecule has 0 aliphatic rings. The number of carbonyl (C=O) groups is 2. The molecule has 1 aromatic heterocycles. The first kappa shape index (κ1) is 21.3. The highest BCUT2D eigenvalue weighted by Crippen LogP contribution is 2.14. The van der Waals surface area contributed by atoms with E-state index in [2.05, 4.69) is 30.0 Å². The molecule has 1 heterocycles. The lowest BCUT2D eigenvalue weighted by molar-refractivity contribution is 0.0904. The molecule has 7 nitrogen and oxygen atoms in total. The molecule has 2 rings (SSSR count). The minimum atomic E-state index is -0.534. The molecule has 0 aliphatic heterocycles. The summed E-state index contributed by atoms with van der Waals surface area (Å²) in [5, 5.41) is 2.79. The number of furan rings is 1. The van der Waals surface area contributed by atoms with E-state index in [9.17, 15) is 9.59 Å². The van der Waals surface area contributed by atoms with Crippen LogP contribution in [0.4, 0.5) is 4.79 Å². The number of nitrogens with one attached hydrogen (secondary N) is 3. The molecule has 2 aromatic rings. The number of rotatable bonds is 9. The van der Waals surface area contributed by atoms with Gasteiger partial charge in [0.05, 0.1) is 0 Å². The zero-order valence-corrected chi connectivity index (χ0v) is 16.7. The first-order chi connectivity index (χ1) is 13.4. The number of urea groups is 1. The summed E-state index contributed by atoms with van der Waals surface area (Å²) in [5.74, 6) is 1.44. The predicted molar refractivity (Wildman–Crippen MR) is 107 cm³/mol. The molecule has 152 valence electrons. The minimum absolute atomic E-state index is 0.0287. The zero-order valence-electron chi connectivity index (χ0n) is 16.7. The number of hydrogen-bond acceptors (Lipinski definition) is 4. The Bertz CT molecular complexity index is 743. The van der Waals surface area contributed by atoms with Gasteiger partial charge in [0.2, 0.25) is 0 Å². The Morgan fingerprint density at radius 1 is 1.00 bits per heavy atom. The summed E-state index contributed by atoms with van der Waals surface area (Å²) in [4.78, 5) is 23.9. The summed E-state index contributed by atoms with van der Waals surface area (Å²) >= 11 is 0. The summed E-state index contributed by atoms with van der Waals surface area (Å²) in [7, 11) is 0. The standard InChI is InChI=1S/C21H29N3O4/c1-15(2)8-7-9-16(3)22-21(26)24-23-20(25)19-13-12-18(28-19)14-27-17-10-5-4-6-11-17/h4-6,10-13,15-16H,7-9,14H2,1-3H3,(H,23,25)(H2,22,24,26). The van der Waals surface area contributed by atoms with Crippen molar-refractivity contribution in [1.29, 1.82) is 0 Å². The lowest BCUT2D eigenvalue weighted by atomic mass is 10.0. The number of carbonyl (C=O) groups excluding carboxylic acids is 2. The molecule has 0 saturated heterocycles. The smallest absolute Gasteiger partial charge is 0.333 e. The van der Waals surface area contributed by atoms with E-state index in [4.69, 9.17) is 9.15 Å². The average Bonchev–Trinajstić information content (AvgIpc) is 3.14. The van der Waals surface area contributed by atoms with Crippen LogP contribution in [0.15, 0.2) is 46.9 Å². The molecule has 28 heavy (non-hydrogen) atoms. The maximum Gasteiger partial charge on any atom is 0.333 e. The number of hydrazine groups is 1. The van der Waals surface area contributed by atoms with Crippen molar-refractivity contribution < 1.29 is 18.7 Å². The molecule has 7 heteroatoms. The van der Waals surface area contributed by atoms with Crippen LogP contribution in [0.2, 0.25) is 0 Å². The highest BCUT2D eigenvalue weighted by atomic mass is 16.5. The first-order valence-electron chi connectivity index (χ1n) is 9.57. The van der Waals surface area contributed by atoms with Gasteiger partial charge in [-0.15, -0.1) is 0 Å². The minimum Gasteiger partial charge on any atom is -0.486 e. The van der Waals surface area contributed by atoms with Gasteiger partial charge in [0, 0.05) is 6.04 Å². The van der Waals surface area contributed by atoms with Crippen molar-refractivity contribution in [3.63, 3.8) is 0 Å². The summed E-state index contributed by atoms with van der Waals surface area (Å²) in [6.45, 7) is 6.49. The Morgan fingerprint density at radius 2 is 1.75 bits per heavy atom. The van der Waals surface area contributed by atoms with E-state index in [0.717, 1.165) is 19.3 Å². The topological polar surface area (TPSA) is 92.6 Å². The van der Waals surface area contributed by atoms with Crippen LogP contribution in [0.5, 0.6) is 5.75 Å². The molecule has 0 saturated carbocycles. The van der Waals surface area contributed by atoms with Crippen molar-refractivity contribution in [2.24, 2.45) is 5.92 Å². The van der Waals surface area contributed by atoms with E-state index in [-0.39, 0.29) is 18.4 Å². The molecule has 0 spiro atoms. The van der Waals surface area contributed by atoms with Crippen LogP contribution in [0.1, 0.15) is 56.3 Å². The highest BCUT2D eigenvalue weighted by Gasteiger charge is 2.13. The fraction of sp³-hybridized carbons (Fsp3) is 0.429. The third kappa shape index (κ3) is 7.73. The fourth-order valence-electron chi connectivity index (χ4n) is 2.59. The fourth-order valence-corrected chi connectivity index (χ4v) is 2.59. The van der Waals surface area contributed by atoms with Crippen LogP contribution in [0.25, 0.3) is 0 Å². The molecule has 1 aromatic carbocycles. The monoisotopic (exact) mass is 387 g/mol. The largest absolute Gasteiger partial charge is 0.486 e. The van der Waals surface area contributed by atoms with Crippen LogP contribution in [0, 0.1) is 5.92 Å². The Kier molecular flexibility index (Phi) is 8.39. The van der Waals surface area contributed by atoms with Gasteiger partial charge in [0.1, 0.15) is 18.1 Å². The van der Waals surface area contributed by atoms with E-state index in [1.807, 2.05) is 37.3 Å². The van der Waals surface area contributed by atoms with Gasteiger partial charge in [-0.25, -0.2) is 10.2 Å². The maximum atomic E-state index is 12.1. The van der Waals surface area contributed by atoms with Crippen molar-refractivity contribution in [3.05, 3.63) is 54.0 Å². The van der Waals surface area contributed by atoms with E-state index < -0.39 is 11.9 Å². The zero-order chi connectivity index (χ0) is 20.4. The van der Waals surface area contributed by atoms with Gasteiger partial charge in [-0.2, -0.15) is 0 Å². The molecule has 3 N–H and O–H groups in total. The summed E-state index contributed by atoms with van der Waals surface area (Å²) in [5.41, 5.74) is 4.67. The van der Waals surface area contributed by atoms with Crippen LogP contribution >= 0.6 is 0 Å². The van der Waals surface area contributed by atoms with E-state index in [0.29, 0.717) is 17.4 Å². The van der Waals surface area contributed by atoms with Gasteiger partial charge in [0.15, 0.2) is 5.76 Å². The Balaban J connectivity index is 1.69. The maximum absolute atomic E-state index is 12.1. The molecular weight excluding hydrogens is 358 g/mol. The third-order valence-corrected chi connectivity index (χ3v) is 4.10. The van der Waals surface area contributed by atoms with Crippen LogP contribution in [-0.4, -0.2) is 18.0 Å². The van der Waals surface area contributed by atoms with E-state index in [1.54, 1.807) is 6.07 Å². The van der Waals surface area contributed by atoms with Crippen LogP contribution in [-0.2, 0) is 6.61 Å².